The summed E-state index contributed by atoms with van der Waals surface area (Å²) in [6.07, 6.45) is 1.68. The molecule has 0 saturated heterocycles. The van der Waals surface area contributed by atoms with Crippen LogP contribution in [0.15, 0.2) is 18.3 Å². The van der Waals surface area contributed by atoms with Gasteiger partial charge in [-0.05, 0) is 12.1 Å². The summed E-state index contributed by atoms with van der Waals surface area (Å²) in [6, 6.07) is 3.68. The van der Waals surface area contributed by atoms with E-state index in [0.717, 1.165) is 11.3 Å². The lowest BCUT2D eigenvalue weighted by Gasteiger charge is -1.98. The monoisotopic (exact) mass is 178 g/mol. The maximum Gasteiger partial charge on any atom is 0.239 e. The number of hydrogen-bond donors (Lipinski definition) is 1. The van der Waals surface area contributed by atoms with Gasteiger partial charge in [0.05, 0.1) is 7.11 Å². The fraction of sp³-hybridized carbons (Fsp3) is 0.250. The number of aromatic nitrogens is 3. The second-order valence-electron chi connectivity index (χ2n) is 2.57. The fourth-order valence-corrected chi connectivity index (χ4v) is 1.25. The molecule has 5 heteroatoms. The molecule has 68 valence electrons. The van der Waals surface area contributed by atoms with Crippen molar-refractivity contribution < 1.29 is 4.74 Å². The lowest BCUT2D eigenvalue weighted by Crippen LogP contribution is -2.00. The standard InChI is InChI=1S/C8H10N4O/c1-13-8-6(5-9)11-7-3-2-4-10-12(7)8/h2-4H,5,9H2,1H3. The minimum absolute atomic E-state index is 0.354. The van der Waals surface area contributed by atoms with Gasteiger partial charge in [-0.2, -0.15) is 9.61 Å². The molecule has 2 aromatic heterocycles. The Kier molecular flexibility index (Phi) is 1.86. The molecule has 0 aliphatic carbocycles. The number of fused-ring (bicyclic) bond motifs is 1. The van der Waals surface area contributed by atoms with Crippen LogP contribution in [0.3, 0.4) is 0 Å². The van der Waals surface area contributed by atoms with E-state index in [1.165, 1.54) is 0 Å². The average Bonchev–Trinajstić information content (AvgIpc) is 2.55. The van der Waals surface area contributed by atoms with Crippen LogP contribution in [-0.2, 0) is 6.54 Å². The molecule has 5 nitrogen and oxygen atoms in total. The van der Waals surface area contributed by atoms with Crippen LogP contribution in [0.25, 0.3) is 5.65 Å². The fourth-order valence-electron chi connectivity index (χ4n) is 1.25. The first-order valence-corrected chi connectivity index (χ1v) is 3.93. The van der Waals surface area contributed by atoms with Crippen molar-refractivity contribution in [3.05, 3.63) is 24.0 Å². The molecule has 2 aromatic rings. The summed E-state index contributed by atoms with van der Waals surface area (Å²) in [6.45, 7) is 0.354. The molecule has 0 aliphatic rings. The second-order valence-corrected chi connectivity index (χ2v) is 2.57. The number of ether oxygens (including phenoxy) is 1. The highest BCUT2D eigenvalue weighted by molar-refractivity contribution is 5.43. The predicted molar refractivity (Wildman–Crippen MR) is 47.4 cm³/mol. The van der Waals surface area contributed by atoms with Crippen LogP contribution in [0.1, 0.15) is 5.69 Å². The Labute approximate surface area is 75.1 Å². The normalized spacial score (nSPS) is 10.6. The molecule has 0 aliphatic heterocycles. The van der Waals surface area contributed by atoms with Crippen LogP contribution in [0.2, 0.25) is 0 Å². The molecule has 0 aromatic carbocycles. The van der Waals surface area contributed by atoms with Crippen molar-refractivity contribution in [3.63, 3.8) is 0 Å². The molecular weight excluding hydrogens is 168 g/mol. The lowest BCUT2D eigenvalue weighted by atomic mass is 10.5. The van der Waals surface area contributed by atoms with Gasteiger partial charge in [0.15, 0.2) is 5.65 Å². The maximum absolute atomic E-state index is 5.51. The third-order valence-corrected chi connectivity index (χ3v) is 1.81. The van der Waals surface area contributed by atoms with Crippen molar-refractivity contribution in [2.75, 3.05) is 7.11 Å². The summed E-state index contributed by atoms with van der Waals surface area (Å²) < 4.78 is 6.77. The highest BCUT2D eigenvalue weighted by Gasteiger charge is 2.10. The van der Waals surface area contributed by atoms with Gasteiger partial charge < -0.3 is 10.5 Å². The number of imidazole rings is 1. The van der Waals surface area contributed by atoms with Crippen molar-refractivity contribution in [2.24, 2.45) is 5.73 Å². The molecule has 2 N–H and O–H groups in total. The van der Waals surface area contributed by atoms with Crippen molar-refractivity contribution >= 4 is 5.65 Å². The molecule has 0 spiro atoms. The number of nitrogens with two attached hydrogens (primary N) is 1. The first-order chi connectivity index (χ1) is 6.36. The van der Waals surface area contributed by atoms with Crippen LogP contribution >= 0.6 is 0 Å². The van der Waals surface area contributed by atoms with Crippen LogP contribution < -0.4 is 10.5 Å². The summed E-state index contributed by atoms with van der Waals surface area (Å²) in [7, 11) is 1.58. The number of nitrogens with zero attached hydrogens (tertiary/aromatic N) is 3. The van der Waals surface area contributed by atoms with Gasteiger partial charge in [0.2, 0.25) is 5.88 Å². The molecule has 0 radical (unpaired) electrons. The number of hydrogen-bond acceptors (Lipinski definition) is 4. The number of rotatable bonds is 2. The van der Waals surface area contributed by atoms with Crippen molar-refractivity contribution in [1.29, 1.82) is 0 Å². The van der Waals surface area contributed by atoms with E-state index in [4.69, 9.17) is 10.5 Å². The highest BCUT2D eigenvalue weighted by atomic mass is 16.5. The molecule has 0 fully saturated rings. The van der Waals surface area contributed by atoms with E-state index in [-0.39, 0.29) is 0 Å². The van der Waals surface area contributed by atoms with Gasteiger partial charge in [-0.25, -0.2) is 4.98 Å². The van der Waals surface area contributed by atoms with Gasteiger partial charge in [-0.15, -0.1) is 0 Å². The summed E-state index contributed by atoms with van der Waals surface area (Å²) in [5, 5.41) is 4.09. The molecular formula is C8H10N4O. The predicted octanol–water partition coefficient (Wildman–Crippen LogP) is 0.197. The van der Waals surface area contributed by atoms with Gasteiger partial charge in [0.1, 0.15) is 5.69 Å². The van der Waals surface area contributed by atoms with Crippen LogP contribution in [0.5, 0.6) is 5.88 Å². The van der Waals surface area contributed by atoms with E-state index in [2.05, 4.69) is 10.1 Å². The van der Waals surface area contributed by atoms with E-state index >= 15 is 0 Å². The Balaban J connectivity index is 2.73. The minimum atomic E-state index is 0.354. The smallest absolute Gasteiger partial charge is 0.239 e. The van der Waals surface area contributed by atoms with E-state index < -0.39 is 0 Å². The largest absolute Gasteiger partial charge is 0.480 e. The summed E-state index contributed by atoms with van der Waals surface area (Å²) >= 11 is 0. The molecule has 2 rings (SSSR count). The third kappa shape index (κ3) is 1.13. The van der Waals surface area contributed by atoms with Crippen molar-refractivity contribution in [3.8, 4) is 5.88 Å². The Morgan fingerprint density at radius 3 is 3.15 bits per heavy atom. The molecule has 0 saturated carbocycles. The second kappa shape index (κ2) is 3.02. The van der Waals surface area contributed by atoms with Gasteiger partial charge in [0, 0.05) is 12.7 Å². The van der Waals surface area contributed by atoms with Crippen LogP contribution in [0, 0.1) is 0 Å². The average molecular weight is 178 g/mol. The van der Waals surface area contributed by atoms with Gasteiger partial charge in [0.25, 0.3) is 0 Å². The zero-order valence-corrected chi connectivity index (χ0v) is 7.27. The minimum Gasteiger partial charge on any atom is -0.480 e. The topological polar surface area (TPSA) is 65.4 Å². The zero-order valence-electron chi connectivity index (χ0n) is 7.27. The highest BCUT2D eigenvalue weighted by Crippen LogP contribution is 2.17. The van der Waals surface area contributed by atoms with E-state index in [9.17, 15) is 0 Å². The van der Waals surface area contributed by atoms with Crippen LogP contribution in [-0.4, -0.2) is 21.7 Å². The first-order valence-electron chi connectivity index (χ1n) is 3.93. The Morgan fingerprint density at radius 2 is 2.46 bits per heavy atom. The number of methoxy groups -OCH3 is 1. The summed E-state index contributed by atoms with van der Waals surface area (Å²) in [5.41, 5.74) is 6.98. The van der Waals surface area contributed by atoms with Gasteiger partial charge in [-0.3, -0.25) is 0 Å². The van der Waals surface area contributed by atoms with E-state index in [0.29, 0.717) is 12.4 Å². The zero-order chi connectivity index (χ0) is 9.26. The quantitative estimate of drug-likeness (QED) is 0.713. The molecule has 13 heavy (non-hydrogen) atoms. The first kappa shape index (κ1) is 8.00. The van der Waals surface area contributed by atoms with Gasteiger partial charge >= 0.3 is 0 Å². The molecule has 0 unspecified atom stereocenters. The SMILES string of the molecule is COc1c(CN)nc2cccnn12. The Morgan fingerprint density at radius 1 is 1.62 bits per heavy atom. The molecule has 0 amide bonds. The molecule has 0 bridgehead atoms. The van der Waals surface area contributed by atoms with Crippen molar-refractivity contribution in [1.82, 2.24) is 14.6 Å². The lowest BCUT2D eigenvalue weighted by molar-refractivity contribution is 0.382. The van der Waals surface area contributed by atoms with E-state index in [1.807, 2.05) is 12.1 Å². The van der Waals surface area contributed by atoms with Gasteiger partial charge in [-0.1, -0.05) is 0 Å². The molecule has 0 atom stereocenters. The van der Waals surface area contributed by atoms with E-state index in [1.54, 1.807) is 17.8 Å². The summed E-state index contributed by atoms with van der Waals surface area (Å²) in [5.74, 6) is 0.609. The Hall–Kier alpha value is -1.62. The van der Waals surface area contributed by atoms with Crippen molar-refractivity contribution in [2.45, 2.75) is 6.54 Å². The Bertz CT molecular complexity index is 423. The summed E-state index contributed by atoms with van der Waals surface area (Å²) in [4.78, 5) is 4.25. The molecule has 2 heterocycles. The third-order valence-electron chi connectivity index (χ3n) is 1.81. The maximum atomic E-state index is 5.51. The van der Waals surface area contributed by atoms with Crippen LogP contribution in [0.4, 0.5) is 0 Å².